The summed E-state index contributed by atoms with van der Waals surface area (Å²) in [5.41, 5.74) is 0.596. The van der Waals surface area contributed by atoms with Crippen molar-refractivity contribution >= 4 is 11.9 Å². The molecular weight excluding hydrogens is 232 g/mol. The van der Waals surface area contributed by atoms with Crippen LogP contribution in [-0.4, -0.2) is 31.8 Å². The first-order valence-electron chi connectivity index (χ1n) is 6.23. The number of carboxylic acids is 1. The van der Waals surface area contributed by atoms with Gasteiger partial charge in [-0.3, -0.25) is 0 Å². The predicted molar refractivity (Wildman–Crippen MR) is 66.4 cm³/mol. The molecule has 6 nitrogen and oxygen atoms in total. The van der Waals surface area contributed by atoms with Crippen molar-refractivity contribution in [2.24, 2.45) is 0 Å². The number of nitrogens with zero attached hydrogens (tertiary/aromatic N) is 3. The van der Waals surface area contributed by atoms with E-state index in [1.54, 1.807) is 0 Å². The van der Waals surface area contributed by atoms with Crippen molar-refractivity contribution in [2.75, 3.05) is 5.32 Å². The van der Waals surface area contributed by atoms with Crippen molar-refractivity contribution in [2.45, 2.75) is 51.5 Å². The number of aliphatic carboxylic acids is 1. The zero-order valence-corrected chi connectivity index (χ0v) is 10.7. The summed E-state index contributed by atoms with van der Waals surface area (Å²) in [6, 6.07) is 0. The third kappa shape index (κ3) is 2.42. The number of hydrogen-bond donors (Lipinski definition) is 2. The Morgan fingerprint density at radius 2 is 1.83 bits per heavy atom. The molecule has 6 heteroatoms. The van der Waals surface area contributed by atoms with Crippen molar-refractivity contribution < 1.29 is 9.90 Å². The monoisotopic (exact) mass is 250 g/mol. The van der Waals surface area contributed by atoms with Crippen molar-refractivity contribution in [3.63, 3.8) is 0 Å². The molecule has 18 heavy (non-hydrogen) atoms. The van der Waals surface area contributed by atoms with E-state index in [0.717, 1.165) is 30.7 Å². The Kier molecular flexibility index (Phi) is 3.45. The number of nitrogens with one attached hydrogen (secondary N) is 1. The minimum atomic E-state index is -0.929. The number of aromatic nitrogens is 3. The molecule has 0 amide bonds. The van der Waals surface area contributed by atoms with Crippen LogP contribution >= 0.6 is 0 Å². The number of carboxylic acid groups (broad SMARTS) is 1. The second-order valence-corrected chi connectivity index (χ2v) is 4.88. The maximum atomic E-state index is 11.5. The van der Waals surface area contributed by atoms with Gasteiger partial charge >= 0.3 is 5.97 Å². The molecule has 0 radical (unpaired) electrons. The molecule has 0 bridgehead atoms. The Morgan fingerprint density at radius 1 is 1.17 bits per heavy atom. The lowest BCUT2D eigenvalue weighted by Gasteiger charge is -2.33. The molecule has 0 saturated heterocycles. The van der Waals surface area contributed by atoms with E-state index in [1.807, 2.05) is 13.8 Å². The van der Waals surface area contributed by atoms with Gasteiger partial charge in [-0.05, 0) is 26.7 Å². The van der Waals surface area contributed by atoms with E-state index < -0.39 is 11.5 Å². The predicted octanol–water partition coefficient (Wildman–Crippen LogP) is 1.69. The fourth-order valence-electron chi connectivity index (χ4n) is 2.27. The molecule has 2 N–H and O–H groups in total. The standard InChI is InChI=1S/C12H18N4O2/c1-8-9(2)15-16-11(13-8)14-12(10(17)18)6-4-3-5-7-12/h3-7H2,1-2H3,(H,17,18)(H,13,14,16). The lowest BCUT2D eigenvalue weighted by molar-refractivity contribution is -0.143. The molecule has 0 atom stereocenters. The fourth-order valence-corrected chi connectivity index (χ4v) is 2.27. The molecule has 98 valence electrons. The van der Waals surface area contributed by atoms with Crippen LogP contribution in [0.2, 0.25) is 0 Å². The first kappa shape index (κ1) is 12.7. The second kappa shape index (κ2) is 4.88. The van der Waals surface area contributed by atoms with Crippen molar-refractivity contribution in [3.05, 3.63) is 11.4 Å². The Hall–Kier alpha value is -1.72. The van der Waals surface area contributed by atoms with E-state index in [0.29, 0.717) is 18.8 Å². The van der Waals surface area contributed by atoms with Gasteiger partial charge in [-0.2, -0.15) is 5.10 Å². The van der Waals surface area contributed by atoms with E-state index in [-0.39, 0.29) is 0 Å². The molecule has 0 spiro atoms. The summed E-state index contributed by atoms with van der Waals surface area (Å²) < 4.78 is 0. The van der Waals surface area contributed by atoms with E-state index in [1.165, 1.54) is 0 Å². The van der Waals surface area contributed by atoms with Crippen LogP contribution in [0.1, 0.15) is 43.5 Å². The number of carbonyl (C=O) groups is 1. The number of hydrogen-bond acceptors (Lipinski definition) is 5. The maximum Gasteiger partial charge on any atom is 0.329 e. The van der Waals surface area contributed by atoms with E-state index in [2.05, 4.69) is 20.5 Å². The summed E-state index contributed by atoms with van der Waals surface area (Å²) in [6.45, 7) is 3.66. The molecule has 1 aliphatic carbocycles. The first-order chi connectivity index (χ1) is 8.53. The molecule has 0 aliphatic heterocycles. The van der Waals surface area contributed by atoms with Gasteiger partial charge in [0.25, 0.3) is 0 Å². The van der Waals surface area contributed by atoms with Crippen molar-refractivity contribution in [1.29, 1.82) is 0 Å². The van der Waals surface area contributed by atoms with Crippen LogP contribution in [0, 0.1) is 13.8 Å². The molecule has 2 rings (SSSR count). The Balaban J connectivity index is 2.23. The highest BCUT2D eigenvalue weighted by molar-refractivity contribution is 5.82. The van der Waals surface area contributed by atoms with Gasteiger partial charge < -0.3 is 10.4 Å². The number of aryl methyl sites for hydroxylation is 2. The molecule has 1 aliphatic rings. The Morgan fingerprint density at radius 3 is 2.39 bits per heavy atom. The molecule has 1 saturated carbocycles. The van der Waals surface area contributed by atoms with Gasteiger partial charge in [0.15, 0.2) is 0 Å². The summed E-state index contributed by atoms with van der Waals surface area (Å²) in [6.07, 6.45) is 4.13. The highest BCUT2D eigenvalue weighted by Gasteiger charge is 2.40. The number of rotatable bonds is 3. The van der Waals surface area contributed by atoms with Crippen LogP contribution in [0.3, 0.4) is 0 Å². The van der Waals surface area contributed by atoms with Crippen LogP contribution < -0.4 is 5.32 Å². The van der Waals surface area contributed by atoms with E-state index in [4.69, 9.17) is 0 Å². The average Bonchev–Trinajstić information content (AvgIpc) is 2.35. The zero-order chi connectivity index (χ0) is 13.2. The second-order valence-electron chi connectivity index (χ2n) is 4.88. The van der Waals surface area contributed by atoms with Crippen LogP contribution in [0.4, 0.5) is 5.95 Å². The van der Waals surface area contributed by atoms with Gasteiger partial charge in [0, 0.05) is 0 Å². The van der Waals surface area contributed by atoms with Crippen LogP contribution in [-0.2, 0) is 4.79 Å². The van der Waals surface area contributed by atoms with Gasteiger partial charge in [-0.25, -0.2) is 9.78 Å². The Bertz CT molecular complexity index is 455. The quantitative estimate of drug-likeness (QED) is 0.848. The van der Waals surface area contributed by atoms with Gasteiger partial charge in [-0.1, -0.05) is 19.3 Å². The molecule has 1 aromatic heterocycles. The van der Waals surface area contributed by atoms with E-state index in [9.17, 15) is 9.90 Å². The molecule has 0 aromatic carbocycles. The third-order valence-corrected chi connectivity index (χ3v) is 3.56. The van der Waals surface area contributed by atoms with Crippen LogP contribution in [0.25, 0.3) is 0 Å². The maximum absolute atomic E-state index is 11.5. The average molecular weight is 250 g/mol. The Labute approximate surface area is 106 Å². The summed E-state index contributed by atoms with van der Waals surface area (Å²) in [5, 5.41) is 20.3. The van der Waals surface area contributed by atoms with Crippen molar-refractivity contribution in [3.8, 4) is 0 Å². The molecule has 1 aromatic rings. The van der Waals surface area contributed by atoms with E-state index >= 15 is 0 Å². The number of anilines is 1. The smallest absolute Gasteiger partial charge is 0.329 e. The summed E-state index contributed by atoms with van der Waals surface area (Å²) in [7, 11) is 0. The lowest BCUT2D eigenvalue weighted by Crippen LogP contribution is -2.48. The minimum Gasteiger partial charge on any atom is -0.480 e. The van der Waals surface area contributed by atoms with Crippen LogP contribution in [0.5, 0.6) is 0 Å². The van der Waals surface area contributed by atoms with Gasteiger partial charge in [-0.15, -0.1) is 5.10 Å². The highest BCUT2D eigenvalue weighted by Crippen LogP contribution is 2.31. The molecule has 1 fully saturated rings. The first-order valence-corrected chi connectivity index (χ1v) is 6.23. The normalized spacial score (nSPS) is 18.3. The molecular formula is C12H18N4O2. The third-order valence-electron chi connectivity index (χ3n) is 3.56. The van der Waals surface area contributed by atoms with Crippen LogP contribution in [0.15, 0.2) is 0 Å². The molecule has 0 unspecified atom stereocenters. The summed E-state index contributed by atoms with van der Waals surface area (Å²) >= 11 is 0. The van der Waals surface area contributed by atoms with Gasteiger partial charge in [0.1, 0.15) is 5.54 Å². The van der Waals surface area contributed by atoms with Gasteiger partial charge in [0.05, 0.1) is 11.4 Å². The highest BCUT2D eigenvalue weighted by atomic mass is 16.4. The van der Waals surface area contributed by atoms with Gasteiger partial charge in [0.2, 0.25) is 5.95 Å². The zero-order valence-electron chi connectivity index (χ0n) is 10.7. The summed E-state index contributed by atoms with van der Waals surface area (Å²) in [5.74, 6) is -0.522. The fraction of sp³-hybridized carbons (Fsp3) is 0.667. The SMILES string of the molecule is Cc1nnc(NC2(C(=O)O)CCCCC2)nc1C. The summed E-state index contributed by atoms with van der Waals surface area (Å²) in [4.78, 5) is 15.7. The molecule has 1 heterocycles. The minimum absolute atomic E-state index is 0.308. The van der Waals surface area contributed by atoms with Crippen molar-refractivity contribution in [1.82, 2.24) is 15.2 Å². The largest absolute Gasteiger partial charge is 0.480 e. The topological polar surface area (TPSA) is 88.0 Å². The lowest BCUT2D eigenvalue weighted by atomic mass is 9.82.